The maximum absolute atomic E-state index is 11.1. The highest BCUT2D eigenvalue weighted by Gasteiger charge is 2.16. The van der Waals surface area contributed by atoms with Crippen LogP contribution in [-0.2, 0) is 4.79 Å². The van der Waals surface area contributed by atoms with Gasteiger partial charge in [-0.15, -0.1) is 0 Å². The minimum absolute atomic E-state index is 0.0218. The fourth-order valence-electron chi connectivity index (χ4n) is 1.08. The molecule has 1 atom stereocenters. The molecule has 3 nitrogen and oxygen atoms in total. The second-order valence-corrected chi connectivity index (χ2v) is 3.77. The smallest absolute Gasteiger partial charge is 0.147 e. The Kier molecular flexibility index (Phi) is 3.26. The van der Waals surface area contributed by atoms with Crippen LogP contribution >= 0.6 is 15.9 Å². The third-order valence-electron chi connectivity index (χ3n) is 1.79. The highest BCUT2D eigenvalue weighted by molar-refractivity contribution is 9.09. The number of rotatable bonds is 2. The molecule has 0 heterocycles. The highest BCUT2D eigenvalue weighted by Crippen LogP contribution is 2.28. The van der Waals surface area contributed by atoms with E-state index in [4.69, 9.17) is 10.4 Å². The molecule has 0 spiro atoms. The molecule has 0 saturated heterocycles. The zero-order valence-corrected chi connectivity index (χ0v) is 9.08. The van der Waals surface area contributed by atoms with Gasteiger partial charge in [-0.2, -0.15) is 5.26 Å². The van der Waals surface area contributed by atoms with Gasteiger partial charge < -0.3 is 5.11 Å². The van der Waals surface area contributed by atoms with E-state index in [-0.39, 0.29) is 11.5 Å². The van der Waals surface area contributed by atoms with Gasteiger partial charge in [0, 0.05) is 0 Å². The van der Waals surface area contributed by atoms with Gasteiger partial charge in [0.05, 0.1) is 16.5 Å². The van der Waals surface area contributed by atoms with Crippen LogP contribution in [0.1, 0.15) is 22.9 Å². The van der Waals surface area contributed by atoms with Gasteiger partial charge >= 0.3 is 0 Å². The maximum Gasteiger partial charge on any atom is 0.147 e. The first-order chi connectivity index (χ1) is 6.56. The number of nitriles is 1. The van der Waals surface area contributed by atoms with Crippen molar-refractivity contribution in [3.8, 4) is 11.8 Å². The summed E-state index contributed by atoms with van der Waals surface area (Å²) in [6.07, 6.45) is 0. The van der Waals surface area contributed by atoms with Crippen LogP contribution in [0.15, 0.2) is 18.2 Å². The third-order valence-corrected chi connectivity index (χ3v) is 2.93. The Hall–Kier alpha value is -1.34. The molecule has 0 aliphatic carbocycles. The van der Waals surface area contributed by atoms with E-state index in [1.54, 1.807) is 6.07 Å². The standard InChI is InChI=1S/C10H8BrNO2/c1-6(13)10(11)9-3-2-8(14)4-7(9)5-12/h2-4,10,14H,1H3. The molecular formula is C10H8BrNO2. The molecule has 0 aliphatic rings. The summed E-state index contributed by atoms with van der Waals surface area (Å²) in [5.74, 6) is -0.0549. The summed E-state index contributed by atoms with van der Waals surface area (Å²) in [5, 5.41) is 17.9. The predicted molar refractivity (Wildman–Crippen MR) is 55.2 cm³/mol. The van der Waals surface area contributed by atoms with Crippen molar-refractivity contribution in [1.82, 2.24) is 0 Å². The average molecular weight is 254 g/mol. The molecule has 4 heteroatoms. The average Bonchev–Trinajstić information content (AvgIpc) is 2.16. The monoisotopic (exact) mass is 253 g/mol. The van der Waals surface area contributed by atoms with Crippen molar-refractivity contribution in [1.29, 1.82) is 5.26 Å². The second-order valence-electron chi connectivity index (χ2n) is 2.86. The zero-order chi connectivity index (χ0) is 10.7. The van der Waals surface area contributed by atoms with Gasteiger partial charge in [-0.05, 0) is 24.6 Å². The van der Waals surface area contributed by atoms with E-state index in [0.29, 0.717) is 11.1 Å². The van der Waals surface area contributed by atoms with Gasteiger partial charge in [0.2, 0.25) is 0 Å². The fourth-order valence-corrected chi connectivity index (χ4v) is 1.48. The number of hydrogen-bond donors (Lipinski definition) is 1. The molecule has 1 rings (SSSR count). The van der Waals surface area contributed by atoms with Crippen LogP contribution in [0.5, 0.6) is 5.75 Å². The number of benzene rings is 1. The molecule has 0 fully saturated rings. The Morgan fingerprint density at radius 1 is 1.64 bits per heavy atom. The predicted octanol–water partition coefficient (Wildman–Crippen LogP) is 2.29. The molecule has 0 radical (unpaired) electrons. The minimum atomic E-state index is -0.488. The maximum atomic E-state index is 11.1. The number of carbonyl (C=O) groups excluding carboxylic acids is 1. The summed E-state index contributed by atoms with van der Waals surface area (Å²) in [6.45, 7) is 1.44. The molecule has 1 N–H and O–H groups in total. The summed E-state index contributed by atoms with van der Waals surface area (Å²) >= 11 is 3.18. The van der Waals surface area contributed by atoms with Crippen LogP contribution < -0.4 is 0 Å². The number of alkyl halides is 1. The quantitative estimate of drug-likeness (QED) is 0.823. The molecule has 0 amide bonds. The Balaban J connectivity index is 3.22. The van der Waals surface area contributed by atoms with Crippen LogP contribution in [0.25, 0.3) is 0 Å². The lowest BCUT2D eigenvalue weighted by atomic mass is 10.0. The molecule has 0 aliphatic heterocycles. The van der Waals surface area contributed by atoms with Gasteiger partial charge in [0.1, 0.15) is 11.5 Å². The number of nitrogens with zero attached hydrogens (tertiary/aromatic N) is 1. The van der Waals surface area contributed by atoms with Crippen molar-refractivity contribution < 1.29 is 9.90 Å². The zero-order valence-electron chi connectivity index (χ0n) is 7.49. The number of halogens is 1. The van der Waals surface area contributed by atoms with E-state index in [2.05, 4.69) is 15.9 Å². The van der Waals surface area contributed by atoms with Gasteiger partial charge in [0.25, 0.3) is 0 Å². The molecule has 0 bridgehead atoms. The Morgan fingerprint density at radius 2 is 2.29 bits per heavy atom. The summed E-state index contributed by atoms with van der Waals surface area (Å²) < 4.78 is 0. The van der Waals surface area contributed by atoms with Crippen LogP contribution in [0.3, 0.4) is 0 Å². The van der Waals surface area contributed by atoms with E-state index in [1.807, 2.05) is 6.07 Å². The van der Waals surface area contributed by atoms with Crippen molar-refractivity contribution in [3.63, 3.8) is 0 Å². The first-order valence-corrected chi connectivity index (χ1v) is 4.85. The number of phenolic OH excluding ortho intramolecular Hbond substituents is 1. The van der Waals surface area contributed by atoms with Crippen LogP contribution in [0, 0.1) is 11.3 Å². The summed E-state index contributed by atoms with van der Waals surface area (Å²) in [5.41, 5.74) is 0.889. The van der Waals surface area contributed by atoms with Crippen LogP contribution in [0.2, 0.25) is 0 Å². The Morgan fingerprint density at radius 3 is 2.79 bits per heavy atom. The summed E-state index contributed by atoms with van der Waals surface area (Å²) in [4.78, 5) is 10.6. The van der Waals surface area contributed by atoms with Crippen molar-refractivity contribution in [2.75, 3.05) is 0 Å². The van der Waals surface area contributed by atoms with E-state index in [9.17, 15) is 4.79 Å². The summed E-state index contributed by atoms with van der Waals surface area (Å²) in [7, 11) is 0. The number of Topliss-reactive ketones (excluding diaryl/α,β-unsaturated/α-hetero) is 1. The lowest BCUT2D eigenvalue weighted by Crippen LogP contribution is -2.03. The van der Waals surface area contributed by atoms with Crippen molar-refractivity contribution in [3.05, 3.63) is 29.3 Å². The topological polar surface area (TPSA) is 61.1 Å². The largest absolute Gasteiger partial charge is 0.508 e. The molecule has 1 aromatic rings. The lowest BCUT2D eigenvalue weighted by molar-refractivity contribution is -0.116. The number of ketones is 1. The minimum Gasteiger partial charge on any atom is -0.508 e. The van der Waals surface area contributed by atoms with Crippen molar-refractivity contribution >= 4 is 21.7 Å². The lowest BCUT2D eigenvalue weighted by Gasteiger charge is -2.08. The third kappa shape index (κ3) is 2.12. The number of phenols is 1. The van der Waals surface area contributed by atoms with E-state index < -0.39 is 4.83 Å². The molecule has 1 aromatic carbocycles. The summed E-state index contributed by atoms with van der Waals surface area (Å²) in [6, 6.07) is 6.29. The highest BCUT2D eigenvalue weighted by atomic mass is 79.9. The van der Waals surface area contributed by atoms with Crippen molar-refractivity contribution in [2.24, 2.45) is 0 Å². The van der Waals surface area contributed by atoms with Crippen LogP contribution in [0.4, 0.5) is 0 Å². The van der Waals surface area contributed by atoms with Crippen molar-refractivity contribution in [2.45, 2.75) is 11.8 Å². The van der Waals surface area contributed by atoms with Gasteiger partial charge in [-0.3, -0.25) is 4.79 Å². The molecule has 14 heavy (non-hydrogen) atoms. The van der Waals surface area contributed by atoms with Gasteiger partial charge in [-0.25, -0.2) is 0 Å². The number of hydrogen-bond acceptors (Lipinski definition) is 3. The molecular weight excluding hydrogens is 246 g/mol. The Bertz CT molecular complexity index is 409. The normalized spacial score (nSPS) is 11.8. The fraction of sp³-hybridized carbons (Fsp3) is 0.200. The van der Waals surface area contributed by atoms with E-state index in [1.165, 1.54) is 19.1 Å². The Labute approximate surface area is 90.1 Å². The van der Waals surface area contributed by atoms with Gasteiger partial charge in [0.15, 0.2) is 0 Å². The van der Waals surface area contributed by atoms with E-state index in [0.717, 1.165) is 0 Å². The van der Waals surface area contributed by atoms with Gasteiger partial charge in [-0.1, -0.05) is 22.0 Å². The first-order valence-electron chi connectivity index (χ1n) is 3.93. The SMILES string of the molecule is CC(=O)C(Br)c1ccc(O)cc1C#N. The molecule has 0 aromatic heterocycles. The van der Waals surface area contributed by atoms with Crippen LogP contribution in [-0.4, -0.2) is 10.9 Å². The second kappa shape index (κ2) is 4.25. The molecule has 72 valence electrons. The van der Waals surface area contributed by atoms with E-state index >= 15 is 0 Å². The number of carbonyl (C=O) groups is 1. The molecule has 1 unspecified atom stereocenters. The number of aromatic hydroxyl groups is 1. The first kappa shape index (κ1) is 10.7. The molecule has 0 saturated carbocycles.